The standard InChI is InChI=1S/C23H30O4/c1-17-19(5-3-11-25-14-22-16-27-22)8-9-20-7-6-18(12-23(17)20)4-2-10-24-13-21-15-26-21/h6-9,12,21-22H,2-5,10-11,13-16H2,1H3. The van der Waals surface area contributed by atoms with Crippen LogP contribution in [0.4, 0.5) is 0 Å². The van der Waals surface area contributed by atoms with Gasteiger partial charge < -0.3 is 18.9 Å². The van der Waals surface area contributed by atoms with Gasteiger partial charge in [0.05, 0.1) is 26.4 Å². The molecule has 0 radical (unpaired) electrons. The summed E-state index contributed by atoms with van der Waals surface area (Å²) in [5.74, 6) is 0. The van der Waals surface area contributed by atoms with Crippen molar-refractivity contribution in [3.05, 3.63) is 47.0 Å². The SMILES string of the molecule is Cc1c(CCCOCC2CO2)ccc2ccc(CCCOCC3CO3)cc12. The largest absolute Gasteiger partial charge is 0.379 e. The molecule has 0 amide bonds. The van der Waals surface area contributed by atoms with E-state index >= 15 is 0 Å². The Morgan fingerprint density at radius 3 is 2.19 bits per heavy atom. The first-order valence-electron chi connectivity index (χ1n) is 10.2. The second-order valence-corrected chi connectivity index (χ2v) is 7.67. The lowest BCUT2D eigenvalue weighted by atomic mass is 9.95. The van der Waals surface area contributed by atoms with Crippen LogP contribution in [0.1, 0.15) is 29.5 Å². The summed E-state index contributed by atoms with van der Waals surface area (Å²) in [5.41, 5.74) is 4.22. The summed E-state index contributed by atoms with van der Waals surface area (Å²) < 4.78 is 21.6. The minimum atomic E-state index is 0.360. The Kier molecular flexibility index (Phi) is 6.40. The lowest BCUT2D eigenvalue weighted by Crippen LogP contribution is -2.04. The van der Waals surface area contributed by atoms with Crippen LogP contribution < -0.4 is 0 Å². The van der Waals surface area contributed by atoms with Crippen molar-refractivity contribution in [1.82, 2.24) is 0 Å². The Hall–Kier alpha value is -1.46. The third kappa shape index (κ3) is 5.76. The monoisotopic (exact) mass is 370 g/mol. The highest BCUT2D eigenvalue weighted by Gasteiger charge is 2.22. The van der Waals surface area contributed by atoms with E-state index in [-0.39, 0.29) is 0 Å². The number of ether oxygens (including phenoxy) is 4. The molecule has 0 spiro atoms. The lowest BCUT2D eigenvalue weighted by molar-refractivity contribution is 0.114. The maximum atomic E-state index is 5.66. The van der Waals surface area contributed by atoms with Gasteiger partial charge in [-0.15, -0.1) is 0 Å². The van der Waals surface area contributed by atoms with E-state index in [2.05, 4.69) is 37.3 Å². The van der Waals surface area contributed by atoms with E-state index in [9.17, 15) is 0 Å². The maximum Gasteiger partial charge on any atom is 0.104 e. The summed E-state index contributed by atoms with van der Waals surface area (Å²) in [4.78, 5) is 0. The number of benzene rings is 2. The average Bonchev–Trinajstić information content (AvgIpc) is 3.58. The zero-order chi connectivity index (χ0) is 18.5. The molecule has 0 N–H and O–H groups in total. The summed E-state index contributed by atoms with van der Waals surface area (Å²) >= 11 is 0. The Bertz CT molecular complexity index is 744. The minimum Gasteiger partial charge on any atom is -0.379 e. The molecule has 2 aliphatic heterocycles. The molecule has 27 heavy (non-hydrogen) atoms. The molecule has 4 rings (SSSR count). The van der Waals surface area contributed by atoms with Gasteiger partial charge >= 0.3 is 0 Å². The molecule has 0 bridgehead atoms. The van der Waals surface area contributed by atoms with Crippen LogP contribution in [-0.2, 0) is 31.8 Å². The first-order valence-corrected chi connectivity index (χ1v) is 10.2. The second kappa shape index (κ2) is 9.16. The van der Waals surface area contributed by atoms with E-state index < -0.39 is 0 Å². The first-order chi connectivity index (χ1) is 13.3. The molecule has 146 valence electrons. The average molecular weight is 370 g/mol. The van der Waals surface area contributed by atoms with Crippen molar-refractivity contribution < 1.29 is 18.9 Å². The van der Waals surface area contributed by atoms with Gasteiger partial charge in [0.2, 0.25) is 0 Å². The van der Waals surface area contributed by atoms with Gasteiger partial charge in [-0.05, 0) is 60.1 Å². The van der Waals surface area contributed by atoms with E-state index in [1.165, 1.54) is 27.5 Å². The molecule has 4 nitrogen and oxygen atoms in total. The zero-order valence-corrected chi connectivity index (χ0v) is 16.2. The molecule has 2 aromatic rings. The van der Waals surface area contributed by atoms with Gasteiger partial charge in [0.1, 0.15) is 12.2 Å². The van der Waals surface area contributed by atoms with Gasteiger partial charge in [0.25, 0.3) is 0 Å². The molecule has 2 atom stereocenters. The van der Waals surface area contributed by atoms with Crippen LogP contribution in [-0.4, -0.2) is 51.8 Å². The second-order valence-electron chi connectivity index (χ2n) is 7.67. The summed E-state index contributed by atoms with van der Waals surface area (Å²) in [5, 5.41) is 2.70. The molecular formula is C23H30O4. The highest BCUT2D eigenvalue weighted by atomic mass is 16.6. The predicted octanol–water partition coefficient (Wildman–Crippen LogP) is 3.84. The smallest absolute Gasteiger partial charge is 0.104 e. The lowest BCUT2D eigenvalue weighted by Gasteiger charge is -2.11. The van der Waals surface area contributed by atoms with E-state index in [0.29, 0.717) is 12.2 Å². The first kappa shape index (κ1) is 18.9. The van der Waals surface area contributed by atoms with Crippen molar-refractivity contribution in [3.63, 3.8) is 0 Å². The number of epoxide rings is 2. The van der Waals surface area contributed by atoms with Gasteiger partial charge in [0, 0.05) is 13.2 Å². The molecule has 0 saturated carbocycles. The molecule has 2 heterocycles. The number of hydrogen-bond acceptors (Lipinski definition) is 4. The van der Waals surface area contributed by atoms with E-state index in [1.807, 2.05) is 0 Å². The van der Waals surface area contributed by atoms with Crippen LogP contribution in [0.3, 0.4) is 0 Å². The number of fused-ring (bicyclic) bond motifs is 1. The van der Waals surface area contributed by atoms with E-state index in [1.54, 1.807) is 0 Å². The van der Waals surface area contributed by atoms with Gasteiger partial charge in [-0.2, -0.15) is 0 Å². The quantitative estimate of drug-likeness (QED) is 0.421. The molecule has 2 aliphatic rings. The number of aryl methyl sites for hydroxylation is 3. The molecule has 2 aromatic carbocycles. The van der Waals surface area contributed by atoms with Crippen LogP contribution in [0.15, 0.2) is 30.3 Å². The van der Waals surface area contributed by atoms with Gasteiger partial charge in [-0.25, -0.2) is 0 Å². The predicted molar refractivity (Wildman–Crippen MR) is 106 cm³/mol. The van der Waals surface area contributed by atoms with E-state index in [4.69, 9.17) is 18.9 Å². The van der Waals surface area contributed by atoms with Crippen LogP contribution in [0.25, 0.3) is 10.8 Å². The normalized spacial score (nSPS) is 20.9. The Labute approximate surface area is 161 Å². The van der Waals surface area contributed by atoms with E-state index in [0.717, 1.165) is 65.3 Å². The topological polar surface area (TPSA) is 43.5 Å². The van der Waals surface area contributed by atoms with Gasteiger partial charge in [-0.3, -0.25) is 0 Å². The third-order valence-electron chi connectivity index (χ3n) is 5.37. The molecule has 4 heteroatoms. The van der Waals surface area contributed by atoms with Crippen LogP contribution >= 0.6 is 0 Å². The fourth-order valence-electron chi connectivity index (χ4n) is 3.49. The van der Waals surface area contributed by atoms with Crippen molar-refractivity contribution in [2.24, 2.45) is 0 Å². The van der Waals surface area contributed by atoms with Crippen molar-refractivity contribution in [1.29, 1.82) is 0 Å². The molecule has 0 aliphatic carbocycles. The minimum absolute atomic E-state index is 0.360. The maximum absolute atomic E-state index is 5.66. The highest BCUT2D eigenvalue weighted by Crippen LogP contribution is 2.25. The van der Waals surface area contributed by atoms with Crippen molar-refractivity contribution >= 4 is 10.8 Å². The molecule has 2 fully saturated rings. The molecular weight excluding hydrogens is 340 g/mol. The summed E-state index contributed by atoms with van der Waals surface area (Å²) in [6, 6.07) is 11.4. The number of hydrogen-bond donors (Lipinski definition) is 0. The Balaban J connectivity index is 1.29. The summed E-state index contributed by atoms with van der Waals surface area (Å²) in [6.45, 7) is 7.10. The molecule has 2 unspecified atom stereocenters. The highest BCUT2D eigenvalue weighted by molar-refractivity contribution is 5.87. The van der Waals surface area contributed by atoms with Crippen LogP contribution in [0.5, 0.6) is 0 Å². The Morgan fingerprint density at radius 1 is 0.889 bits per heavy atom. The van der Waals surface area contributed by atoms with Crippen LogP contribution in [0, 0.1) is 6.92 Å². The zero-order valence-electron chi connectivity index (χ0n) is 16.2. The third-order valence-corrected chi connectivity index (χ3v) is 5.37. The fourth-order valence-corrected chi connectivity index (χ4v) is 3.49. The fraction of sp³-hybridized carbons (Fsp3) is 0.565. The molecule has 2 saturated heterocycles. The van der Waals surface area contributed by atoms with Crippen LogP contribution in [0.2, 0.25) is 0 Å². The number of rotatable bonds is 12. The summed E-state index contributed by atoms with van der Waals surface area (Å²) in [7, 11) is 0. The van der Waals surface area contributed by atoms with Crippen molar-refractivity contribution in [2.75, 3.05) is 39.6 Å². The van der Waals surface area contributed by atoms with Gasteiger partial charge in [0.15, 0.2) is 0 Å². The van der Waals surface area contributed by atoms with Crippen molar-refractivity contribution in [2.45, 2.75) is 44.8 Å². The molecule has 0 aromatic heterocycles. The Morgan fingerprint density at radius 2 is 1.52 bits per heavy atom. The summed E-state index contributed by atoms with van der Waals surface area (Å²) in [6.07, 6.45) is 4.95. The van der Waals surface area contributed by atoms with Crippen molar-refractivity contribution in [3.8, 4) is 0 Å². The van der Waals surface area contributed by atoms with Gasteiger partial charge in [-0.1, -0.05) is 30.3 Å².